The molecule has 0 spiro atoms. The maximum Gasteiger partial charge on any atom is 0.337 e. The Morgan fingerprint density at radius 2 is 1.95 bits per heavy atom. The van der Waals surface area contributed by atoms with E-state index < -0.39 is 5.97 Å². The van der Waals surface area contributed by atoms with Crippen LogP contribution in [0.5, 0.6) is 0 Å². The summed E-state index contributed by atoms with van der Waals surface area (Å²) in [6.07, 6.45) is 0. The van der Waals surface area contributed by atoms with Crippen LogP contribution in [0.15, 0.2) is 36.4 Å². The van der Waals surface area contributed by atoms with Crippen molar-refractivity contribution in [3.63, 3.8) is 0 Å². The van der Waals surface area contributed by atoms with Gasteiger partial charge in [0.15, 0.2) is 5.78 Å². The van der Waals surface area contributed by atoms with Crippen molar-refractivity contribution in [1.29, 1.82) is 0 Å². The summed E-state index contributed by atoms with van der Waals surface area (Å²) in [4.78, 5) is 24.0. The summed E-state index contributed by atoms with van der Waals surface area (Å²) >= 11 is 0. The van der Waals surface area contributed by atoms with Crippen LogP contribution in [0.4, 0.5) is 0 Å². The summed E-state index contributed by atoms with van der Waals surface area (Å²) in [5, 5.41) is 9.35. The molecule has 0 aliphatic heterocycles. The summed E-state index contributed by atoms with van der Waals surface area (Å²) < 4.78 is 4.66. The Bertz CT molecular complexity index is 731. The Kier molecular flexibility index (Phi) is 2.88. The number of carbonyl (C=O) groups is 2. The molecular formula is C16H12O4. The third kappa shape index (κ3) is 1.66. The Balaban J connectivity index is 2.20. The molecule has 1 N–H and O–H groups in total. The van der Waals surface area contributed by atoms with Crippen LogP contribution in [0.3, 0.4) is 0 Å². The molecule has 0 saturated heterocycles. The fourth-order valence-corrected chi connectivity index (χ4v) is 2.57. The summed E-state index contributed by atoms with van der Waals surface area (Å²) in [6.45, 7) is -0.188. The molecule has 0 atom stereocenters. The summed E-state index contributed by atoms with van der Waals surface area (Å²) in [5.74, 6) is -0.635. The number of ether oxygens (including phenoxy) is 1. The average Bonchev–Trinajstić information content (AvgIpc) is 2.79. The lowest BCUT2D eigenvalue weighted by Crippen LogP contribution is -2.04. The highest BCUT2D eigenvalue weighted by molar-refractivity contribution is 6.23. The normalized spacial score (nSPS) is 12.0. The van der Waals surface area contributed by atoms with E-state index in [4.69, 9.17) is 0 Å². The monoisotopic (exact) mass is 268 g/mol. The fourth-order valence-electron chi connectivity index (χ4n) is 2.57. The van der Waals surface area contributed by atoms with E-state index in [0.29, 0.717) is 22.3 Å². The van der Waals surface area contributed by atoms with Gasteiger partial charge in [-0.25, -0.2) is 4.79 Å². The molecule has 0 bridgehead atoms. The van der Waals surface area contributed by atoms with Crippen LogP contribution >= 0.6 is 0 Å². The largest absolute Gasteiger partial charge is 0.465 e. The predicted octanol–water partition coefficient (Wildman–Crippen LogP) is 2.18. The number of hydrogen-bond acceptors (Lipinski definition) is 4. The molecular weight excluding hydrogens is 256 g/mol. The number of hydrogen-bond donors (Lipinski definition) is 1. The van der Waals surface area contributed by atoms with Crippen molar-refractivity contribution >= 4 is 11.8 Å². The molecule has 0 unspecified atom stereocenters. The van der Waals surface area contributed by atoms with E-state index in [1.54, 1.807) is 30.3 Å². The number of methoxy groups -OCH3 is 1. The molecule has 0 aromatic heterocycles. The lowest BCUT2D eigenvalue weighted by atomic mass is 10.0. The third-order valence-electron chi connectivity index (χ3n) is 3.52. The standard InChI is InChI=1S/C16H12O4/c1-20-16(19)9-5-6-11-12-4-2-3-10(8-17)14(12)15(18)13(11)7-9/h2-7,17H,8H2,1H3. The summed E-state index contributed by atoms with van der Waals surface area (Å²) in [7, 11) is 1.30. The quantitative estimate of drug-likeness (QED) is 0.723. The highest BCUT2D eigenvalue weighted by atomic mass is 16.5. The van der Waals surface area contributed by atoms with E-state index in [9.17, 15) is 14.7 Å². The molecule has 0 radical (unpaired) electrons. The smallest absolute Gasteiger partial charge is 0.337 e. The molecule has 1 aliphatic rings. The zero-order valence-electron chi connectivity index (χ0n) is 10.8. The van der Waals surface area contributed by atoms with E-state index in [1.807, 2.05) is 6.07 Å². The van der Waals surface area contributed by atoms with Crippen molar-refractivity contribution in [3.05, 3.63) is 58.7 Å². The second-order valence-electron chi connectivity index (χ2n) is 4.58. The zero-order valence-corrected chi connectivity index (χ0v) is 10.8. The van der Waals surface area contributed by atoms with Crippen molar-refractivity contribution < 1.29 is 19.4 Å². The summed E-state index contributed by atoms with van der Waals surface area (Å²) in [5.41, 5.74) is 3.53. The highest BCUT2D eigenvalue weighted by Gasteiger charge is 2.29. The van der Waals surface area contributed by atoms with E-state index in [-0.39, 0.29) is 12.4 Å². The van der Waals surface area contributed by atoms with Gasteiger partial charge < -0.3 is 9.84 Å². The van der Waals surface area contributed by atoms with E-state index in [1.165, 1.54) is 7.11 Å². The summed E-state index contributed by atoms with van der Waals surface area (Å²) in [6, 6.07) is 10.3. The number of carbonyl (C=O) groups excluding carboxylic acids is 2. The predicted molar refractivity (Wildman–Crippen MR) is 72.6 cm³/mol. The zero-order chi connectivity index (χ0) is 14.3. The van der Waals surface area contributed by atoms with Crippen LogP contribution in [0.25, 0.3) is 11.1 Å². The van der Waals surface area contributed by atoms with Crippen molar-refractivity contribution in [2.45, 2.75) is 6.61 Å². The van der Waals surface area contributed by atoms with Crippen molar-refractivity contribution in [3.8, 4) is 11.1 Å². The second-order valence-corrected chi connectivity index (χ2v) is 4.58. The van der Waals surface area contributed by atoms with Gasteiger partial charge in [-0.3, -0.25) is 4.79 Å². The number of fused-ring (bicyclic) bond motifs is 3. The minimum Gasteiger partial charge on any atom is -0.465 e. The van der Waals surface area contributed by atoms with Gasteiger partial charge in [0.1, 0.15) is 0 Å². The number of esters is 1. The van der Waals surface area contributed by atoms with Gasteiger partial charge in [0, 0.05) is 11.1 Å². The first-order valence-electron chi connectivity index (χ1n) is 6.17. The Morgan fingerprint density at radius 1 is 1.15 bits per heavy atom. The number of rotatable bonds is 2. The molecule has 0 fully saturated rings. The van der Waals surface area contributed by atoms with Crippen molar-refractivity contribution in [1.82, 2.24) is 0 Å². The molecule has 2 aromatic carbocycles. The molecule has 20 heavy (non-hydrogen) atoms. The van der Waals surface area contributed by atoms with Gasteiger partial charge in [0.05, 0.1) is 19.3 Å². The van der Waals surface area contributed by atoms with Crippen LogP contribution in [0.2, 0.25) is 0 Å². The second kappa shape index (κ2) is 4.58. The van der Waals surface area contributed by atoms with Crippen LogP contribution in [-0.2, 0) is 11.3 Å². The van der Waals surface area contributed by atoms with E-state index >= 15 is 0 Å². The van der Waals surface area contributed by atoms with Crippen molar-refractivity contribution in [2.24, 2.45) is 0 Å². The van der Waals surface area contributed by atoms with E-state index in [0.717, 1.165) is 11.1 Å². The highest BCUT2D eigenvalue weighted by Crippen LogP contribution is 2.38. The minimum atomic E-state index is -0.473. The fraction of sp³-hybridized carbons (Fsp3) is 0.125. The number of benzene rings is 2. The minimum absolute atomic E-state index is 0.162. The van der Waals surface area contributed by atoms with Gasteiger partial charge in [0.25, 0.3) is 0 Å². The van der Waals surface area contributed by atoms with Gasteiger partial charge in [-0.1, -0.05) is 24.3 Å². The third-order valence-corrected chi connectivity index (χ3v) is 3.52. The molecule has 0 heterocycles. The lowest BCUT2D eigenvalue weighted by Gasteiger charge is -2.03. The van der Waals surface area contributed by atoms with Crippen LogP contribution < -0.4 is 0 Å². The number of aliphatic hydroxyl groups excluding tert-OH is 1. The van der Waals surface area contributed by atoms with Crippen LogP contribution in [0.1, 0.15) is 31.8 Å². The first-order chi connectivity index (χ1) is 9.67. The van der Waals surface area contributed by atoms with Crippen LogP contribution in [-0.4, -0.2) is 24.0 Å². The molecule has 0 saturated carbocycles. The molecule has 100 valence electrons. The van der Waals surface area contributed by atoms with Gasteiger partial charge in [-0.2, -0.15) is 0 Å². The Morgan fingerprint density at radius 3 is 2.65 bits per heavy atom. The average molecular weight is 268 g/mol. The first kappa shape index (κ1) is 12.6. The maximum atomic E-state index is 12.5. The van der Waals surface area contributed by atoms with Crippen molar-refractivity contribution in [2.75, 3.05) is 7.11 Å². The van der Waals surface area contributed by atoms with E-state index in [2.05, 4.69) is 4.74 Å². The van der Waals surface area contributed by atoms with Gasteiger partial charge >= 0.3 is 5.97 Å². The topological polar surface area (TPSA) is 63.6 Å². The van der Waals surface area contributed by atoms with Crippen LogP contribution in [0, 0.1) is 0 Å². The SMILES string of the molecule is COC(=O)c1ccc2c(c1)C(=O)c1c(CO)cccc1-2. The Hall–Kier alpha value is -2.46. The maximum absolute atomic E-state index is 12.5. The van der Waals surface area contributed by atoms with Gasteiger partial charge in [-0.05, 0) is 28.8 Å². The Labute approximate surface area is 115 Å². The number of ketones is 1. The molecule has 4 heteroatoms. The molecule has 4 nitrogen and oxygen atoms in total. The van der Waals surface area contributed by atoms with Gasteiger partial charge in [-0.15, -0.1) is 0 Å². The molecule has 0 amide bonds. The first-order valence-corrected chi connectivity index (χ1v) is 6.17. The van der Waals surface area contributed by atoms with Gasteiger partial charge in [0.2, 0.25) is 0 Å². The molecule has 3 rings (SSSR count). The number of aliphatic hydroxyl groups is 1. The molecule has 1 aliphatic carbocycles. The molecule has 2 aromatic rings. The lowest BCUT2D eigenvalue weighted by molar-refractivity contribution is 0.0600.